The van der Waals surface area contributed by atoms with Crippen LogP contribution in [0.25, 0.3) is 22.3 Å². The monoisotopic (exact) mass is 480 g/mol. The molecule has 0 amide bonds. The van der Waals surface area contributed by atoms with Gasteiger partial charge in [-0.2, -0.15) is 9.57 Å². The van der Waals surface area contributed by atoms with E-state index in [1.165, 1.54) is 29.0 Å². The van der Waals surface area contributed by atoms with Gasteiger partial charge in [-0.15, -0.1) is 0 Å². The van der Waals surface area contributed by atoms with Gasteiger partial charge in [0.1, 0.15) is 33.9 Å². The number of pyridine rings is 2. The number of hydrogen-bond acceptors (Lipinski definition) is 8. The number of H-pyrrole nitrogens is 1. The molecule has 5 rings (SSSR count). The lowest BCUT2D eigenvalue weighted by Gasteiger charge is -2.34. The van der Waals surface area contributed by atoms with E-state index in [1.807, 2.05) is 17.0 Å². The Balaban J connectivity index is 1.32. The van der Waals surface area contributed by atoms with Crippen LogP contribution in [0.2, 0.25) is 5.15 Å². The molecule has 12 heteroatoms. The highest BCUT2D eigenvalue weighted by atomic mass is 35.5. The van der Waals surface area contributed by atoms with Crippen LogP contribution in [-0.2, 0) is 10.0 Å². The normalized spacial score (nSPS) is 15.0. The van der Waals surface area contributed by atoms with Crippen molar-refractivity contribution < 1.29 is 8.42 Å². The van der Waals surface area contributed by atoms with Gasteiger partial charge in [-0.1, -0.05) is 11.6 Å². The van der Waals surface area contributed by atoms with Crippen LogP contribution in [0, 0.1) is 11.3 Å². The highest BCUT2D eigenvalue weighted by molar-refractivity contribution is 7.89. The maximum atomic E-state index is 12.9. The second-order valence-corrected chi connectivity index (χ2v) is 9.70. The number of sulfonamides is 1. The number of aromatic amines is 1. The number of piperazine rings is 1. The van der Waals surface area contributed by atoms with Crippen molar-refractivity contribution in [3.05, 3.63) is 59.9 Å². The Hall–Kier alpha value is -3.59. The molecule has 33 heavy (non-hydrogen) atoms. The van der Waals surface area contributed by atoms with Gasteiger partial charge in [0, 0.05) is 50.3 Å². The summed E-state index contributed by atoms with van der Waals surface area (Å²) in [5.74, 6) is 0.740. The average Bonchev–Trinajstić information content (AvgIpc) is 3.28. The smallest absolute Gasteiger partial charge is 0.244 e. The lowest BCUT2D eigenvalue weighted by atomic mass is 10.1. The summed E-state index contributed by atoms with van der Waals surface area (Å²) in [7, 11) is -3.63. The van der Waals surface area contributed by atoms with Crippen LogP contribution >= 0.6 is 11.6 Å². The predicted molar refractivity (Wildman–Crippen MR) is 122 cm³/mol. The summed E-state index contributed by atoms with van der Waals surface area (Å²) in [6.07, 6.45) is 6.03. The van der Waals surface area contributed by atoms with Gasteiger partial charge >= 0.3 is 0 Å². The van der Waals surface area contributed by atoms with E-state index in [-0.39, 0.29) is 10.0 Å². The minimum atomic E-state index is -3.63. The fraction of sp³-hybridized carbons (Fsp3) is 0.190. The van der Waals surface area contributed by atoms with Crippen molar-refractivity contribution in [3.63, 3.8) is 0 Å². The van der Waals surface area contributed by atoms with Crippen LogP contribution in [0.4, 0.5) is 5.82 Å². The van der Waals surface area contributed by atoms with Gasteiger partial charge < -0.3 is 9.88 Å². The zero-order valence-corrected chi connectivity index (χ0v) is 18.8. The molecule has 0 spiro atoms. The van der Waals surface area contributed by atoms with Crippen LogP contribution in [-0.4, -0.2) is 63.8 Å². The molecule has 4 aromatic heterocycles. The van der Waals surface area contributed by atoms with E-state index in [9.17, 15) is 13.7 Å². The number of nitriles is 1. The van der Waals surface area contributed by atoms with E-state index < -0.39 is 10.0 Å². The number of rotatable bonds is 4. The molecule has 1 fully saturated rings. The number of hydrogen-bond donors (Lipinski definition) is 1. The summed E-state index contributed by atoms with van der Waals surface area (Å²) in [4.78, 5) is 22.1. The molecule has 4 aromatic rings. The molecular weight excluding hydrogens is 464 g/mol. The minimum absolute atomic E-state index is 0.125. The molecule has 1 saturated heterocycles. The summed E-state index contributed by atoms with van der Waals surface area (Å²) < 4.78 is 27.1. The quantitative estimate of drug-likeness (QED) is 0.440. The predicted octanol–water partition coefficient (Wildman–Crippen LogP) is 2.45. The van der Waals surface area contributed by atoms with Gasteiger partial charge in [-0.05, 0) is 24.3 Å². The highest BCUT2D eigenvalue weighted by Crippen LogP contribution is 2.28. The molecule has 0 aliphatic carbocycles. The Bertz CT molecular complexity index is 1460. The van der Waals surface area contributed by atoms with Crippen molar-refractivity contribution in [2.24, 2.45) is 0 Å². The number of nitrogens with zero attached hydrogens (tertiary/aromatic N) is 7. The lowest BCUT2D eigenvalue weighted by molar-refractivity contribution is 0.383. The lowest BCUT2D eigenvalue weighted by Crippen LogP contribution is -2.48. The summed E-state index contributed by atoms with van der Waals surface area (Å²) in [6, 6.07) is 8.84. The first-order valence-corrected chi connectivity index (χ1v) is 11.8. The van der Waals surface area contributed by atoms with Gasteiger partial charge in [-0.25, -0.2) is 28.4 Å². The van der Waals surface area contributed by atoms with Gasteiger partial charge in [-0.3, -0.25) is 0 Å². The van der Waals surface area contributed by atoms with E-state index in [0.717, 1.165) is 11.4 Å². The van der Waals surface area contributed by atoms with Crippen molar-refractivity contribution in [2.45, 2.75) is 4.90 Å². The molecule has 10 nitrogen and oxygen atoms in total. The van der Waals surface area contributed by atoms with Gasteiger partial charge in [0.25, 0.3) is 0 Å². The van der Waals surface area contributed by atoms with Gasteiger partial charge in [0.15, 0.2) is 0 Å². The number of anilines is 1. The molecular formula is C21H17ClN8O2S. The highest BCUT2D eigenvalue weighted by Gasteiger charge is 2.29. The van der Waals surface area contributed by atoms with Crippen LogP contribution in [0.15, 0.2) is 54.1 Å². The number of fused-ring (bicyclic) bond motifs is 1. The molecule has 0 saturated carbocycles. The van der Waals surface area contributed by atoms with E-state index in [2.05, 4.69) is 31.0 Å². The molecule has 1 N–H and O–H groups in total. The zero-order chi connectivity index (χ0) is 23.0. The second-order valence-electron chi connectivity index (χ2n) is 7.37. The third-order valence-corrected chi connectivity index (χ3v) is 7.62. The fourth-order valence-electron chi connectivity index (χ4n) is 3.80. The van der Waals surface area contributed by atoms with Crippen LogP contribution < -0.4 is 4.90 Å². The minimum Gasteiger partial charge on any atom is -0.354 e. The van der Waals surface area contributed by atoms with Crippen molar-refractivity contribution >= 4 is 38.5 Å². The van der Waals surface area contributed by atoms with Crippen molar-refractivity contribution in [1.29, 1.82) is 5.26 Å². The van der Waals surface area contributed by atoms with Gasteiger partial charge in [0.05, 0.1) is 16.6 Å². The third-order valence-electron chi connectivity index (χ3n) is 5.51. The molecule has 1 aliphatic heterocycles. The molecule has 1 aliphatic rings. The first-order valence-electron chi connectivity index (χ1n) is 10.0. The fourth-order valence-corrected chi connectivity index (χ4v) is 5.28. The molecule has 0 radical (unpaired) electrons. The zero-order valence-electron chi connectivity index (χ0n) is 17.2. The first kappa shape index (κ1) is 21.3. The average molecular weight is 481 g/mol. The molecule has 0 aromatic carbocycles. The molecule has 0 atom stereocenters. The second kappa shape index (κ2) is 8.40. The van der Waals surface area contributed by atoms with Crippen LogP contribution in [0.1, 0.15) is 5.56 Å². The summed E-state index contributed by atoms with van der Waals surface area (Å²) in [6.45, 7) is 1.66. The van der Waals surface area contributed by atoms with Crippen LogP contribution in [0.5, 0.6) is 0 Å². The summed E-state index contributed by atoms with van der Waals surface area (Å²) >= 11 is 5.77. The molecule has 166 valence electrons. The summed E-state index contributed by atoms with van der Waals surface area (Å²) in [5.41, 5.74) is 2.45. The molecule has 0 unspecified atom stereocenters. The molecule has 0 bridgehead atoms. The van der Waals surface area contributed by atoms with E-state index in [4.69, 9.17) is 11.6 Å². The Morgan fingerprint density at radius 2 is 1.82 bits per heavy atom. The third kappa shape index (κ3) is 3.89. The van der Waals surface area contributed by atoms with E-state index >= 15 is 0 Å². The maximum absolute atomic E-state index is 12.9. The first-order chi connectivity index (χ1) is 16.0. The topological polar surface area (TPSA) is 132 Å². The Morgan fingerprint density at radius 1 is 1.00 bits per heavy atom. The number of nitrogens with one attached hydrogen (secondary N) is 1. The SMILES string of the molecule is N#Cc1c[nH]c2ncnc(-c3ccc(N4CCN(S(=O)(=O)c5ccc(Cl)nc5)CC4)nc3)c12. The number of halogens is 1. The molecule has 5 heterocycles. The maximum Gasteiger partial charge on any atom is 0.244 e. The van der Waals surface area contributed by atoms with Crippen molar-refractivity contribution in [2.75, 3.05) is 31.1 Å². The van der Waals surface area contributed by atoms with Crippen molar-refractivity contribution in [3.8, 4) is 17.3 Å². The number of aromatic nitrogens is 5. The van der Waals surface area contributed by atoms with Gasteiger partial charge in [0.2, 0.25) is 10.0 Å². The van der Waals surface area contributed by atoms with Crippen molar-refractivity contribution in [1.82, 2.24) is 29.2 Å². The van der Waals surface area contributed by atoms with Crippen LogP contribution in [0.3, 0.4) is 0 Å². The largest absolute Gasteiger partial charge is 0.354 e. The summed E-state index contributed by atoms with van der Waals surface area (Å²) in [5, 5.41) is 10.3. The Morgan fingerprint density at radius 3 is 2.48 bits per heavy atom. The van der Waals surface area contributed by atoms with E-state index in [0.29, 0.717) is 48.5 Å². The standard InChI is InChI=1S/C21H17ClN8O2S/c22-17-3-2-16(12-24-17)33(31,32)30-7-5-29(6-8-30)18-4-1-14(10-25-18)20-19-15(9-23)11-26-21(19)28-13-27-20/h1-4,10-13H,5-8H2,(H,26,27,28). The Kier molecular flexibility index (Phi) is 5.41. The Labute approximate surface area is 194 Å². The van der Waals surface area contributed by atoms with E-state index in [1.54, 1.807) is 12.4 Å².